The number of hydrogen-bond donors (Lipinski definition) is 3. The quantitative estimate of drug-likeness (QED) is 0.316. The maximum absolute atomic E-state index is 13.0. The van der Waals surface area contributed by atoms with Gasteiger partial charge in [-0.2, -0.15) is 0 Å². The number of para-hydroxylation sites is 1. The molecule has 0 fully saturated rings. The lowest BCUT2D eigenvalue weighted by molar-refractivity contribution is -0.121. The average Bonchev–Trinajstić information content (AvgIpc) is 2.88. The van der Waals surface area contributed by atoms with Crippen LogP contribution in [0.15, 0.2) is 95.8 Å². The number of hydrogen-bond acceptors (Lipinski definition) is 4. The lowest BCUT2D eigenvalue weighted by Gasteiger charge is -2.22. The zero-order chi connectivity index (χ0) is 24.2. The number of phenols is 1. The number of H-pyrrole nitrogens is 1. The Hall–Kier alpha value is -4.45. The molecule has 1 unspecified atom stereocenters. The van der Waals surface area contributed by atoms with Gasteiger partial charge < -0.3 is 15.4 Å². The summed E-state index contributed by atoms with van der Waals surface area (Å²) in [5.74, 6) is 0.554. The van der Waals surface area contributed by atoms with Gasteiger partial charge in [0.25, 0.3) is 5.56 Å². The molecule has 0 aliphatic carbocycles. The minimum absolute atomic E-state index is 0.135. The van der Waals surface area contributed by atoms with Crippen LogP contribution in [0.25, 0.3) is 21.7 Å². The Morgan fingerprint density at radius 2 is 1.60 bits per heavy atom. The highest BCUT2D eigenvalue weighted by Crippen LogP contribution is 2.35. The maximum atomic E-state index is 13.0. The second-order valence-electron chi connectivity index (χ2n) is 8.51. The summed E-state index contributed by atoms with van der Waals surface area (Å²) in [5.41, 5.74) is 2.02. The SMILES string of the molecule is O=C(CCCc1nc2ccccc2c(=O)[nH]1)NC(c1ccccc1)c1c(O)ccc2ccccc12. The van der Waals surface area contributed by atoms with E-state index in [2.05, 4.69) is 15.3 Å². The van der Waals surface area contributed by atoms with Crippen molar-refractivity contribution in [2.24, 2.45) is 0 Å². The van der Waals surface area contributed by atoms with Gasteiger partial charge in [-0.15, -0.1) is 0 Å². The molecule has 0 aliphatic rings. The Bertz CT molecular complexity index is 1560. The van der Waals surface area contributed by atoms with Crippen LogP contribution in [0.4, 0.5) is 0 Å². The van der Waals surface area contributed by atoms with Gasteiger partial charge in [-0.05, 0) is 41.0 Å². The van der Waals surface area contributed by atoms with Crippen LogP contribution in [0.5, 0.6) is 5.75 Å². The normalized spacial score (nSPS) is 12.0. The van der Waals surface area contributed by atoms with E-state index in [9.17, 15) is 14.7 Å². The number of nitrogens with zero attached hydrogens (tertiary/aromatic N) is 1. The molecule has 1 atom stereocenters. The second kappa shape index (κ2) is 9.81. The monoisotopic (exact) mass is 463 g/mol. The number of rotatable bonds is 7. The first-order chi connectivity index (χ1) is 17.1. The Labute approximate surface area is 202 Å². The number of nitrogens with one attached hydrogen (secondary N) is 2. The summed E-state index contributed by atoms with van der Waals surface area (Å²) >= 11 is 0. The van der Waals surface area contributed by atoms with Gasteiger partial charge in [-0.1, -0.05) is 72.8 Å². The molecular formula is C29H25N3O3. The van der Waals surface area contributed by atoms with Crippen molar-refractivity contribution in [3.8, 4) is 5.75 Å². The van der Waals surface area contributed by atoms with E-state index < -0.39 is 6.04 Å². The van der Waals surface area contributed by atoms with E-state index in [4.69, 9.17) is 0 Å². The van der Waals surface area contributed by atoms with E-state index in [0.29, 0.717) is 35.1 Å². The number of fused-ring (bicyclic) bond motifs is 2. The first kappa shape index (κ1) is 22.3. The van der Waals surface area contributed by atoms with Crippen molar-refractivity contribution >= 4 is 27.6 Å². The lowest BCUT2D eigenvalue weighted by atomic mass is 9.92. The molecule has 1 aromatic heterocycles. The summed E-state index contributed by atoms with van der Waals surface area (Å²) in [7, 11) is 0. The first-order valence-corrected chi connectivity index (χ1v) is 11.6. The maximum Gasteiger partial charge on any atom is 0.258 e. The van der Waals surface area contributed by atoms with Crippen molar-refractivity contribution in [2.45, 2.75) is 25.3 Å². The third kappa shape index (κ3) is 4.77. The van der Waals surface area contributed by atoms with Crippen LogP contribution in [0, 0.1) is 0 Å². The van der Waals surface area contributed by atoms with E-state index in [1.165, 1.54) is 0 Å². The highest BCUT2D eigenvalue weighted by Gasteiger charge is 2.22. The predicted molar refractivity (Wildman–Crippen MR) is 137 cm³/mol. The van der Waals surface area contributed by atoms with Gasteiger partial charge in [-0.25, -0.2) is 4.98 Å². The summed E-state index contributed by atoms with van der Waals surface area (Å²) in [6.07, 6.45) is 1.25. The van der Waals surface area contributed by atoms with Crippen LogP contribution in [0.2, 0.25) is 0 Å². The van der Waals surface area contributed by atoms with Crippen LogP contribution in [0.3, 0.4) is 0 Å². The van der Waals surface area contributed by atoms with Gasteiger partial charge in [-0.3, -0.25) is 9.59 Å². The fourth-order valence-corrected chi connectivity index (χ4v) is 4.46. The molecule has 1 heterocycles. The first-order valence-electron chi connectivity index (χ1n) is 11.6. The Balaban J connectivity index is 1.36. The van der Waals surface area contributed by atoms with Crippen molar-refractivity contribution < 1.29 is 9.90 Å². The summed E-state index contributed by atoms with van der Waals surface area (Å²) in [6.45, 7) is 0. The number of aromatic hydroxyl groups is 1. The molecule has 6 heteroatoms. The van der Waals surface area contributed by atoms with E-state index >= 15 is 0 Å². The molecule has 0 aliphatic heterocycles. The van der Waals surface area contributed by atoms with Crippen molar-refractivity contribution in [3.05, 3.63) is 118 Å². The number of aromatic amines is 1. The van der Waals surface area contributed by atoms with Crippen LogP contribution < -0.4 is 10.9 Å². The molecule has 3 N–H and O–H groups in total. The molecule has 1 amide bonds. The van der Waals surface area contributed by atoms with Gasteiger partial charge in [0.1, 0.15) is 11.6 Å². The van der Waals surface area contributed by atoms with Crippen LogP contribution in [-0.2, 0) is 11.2 Å². The third-order valence-electron chi connectivity index (χ3n) is 6.15. The number of carbonyl (C=O) groups excluding carboxylic acids is 1. The zero-order valence-electron chi connectivity index (χ0n) is 19.1. The highest BCUT2D eigenvalue weighted by atomic mass is 16.3. The van der Waals surface area contributed by atoms with Crippen LogP contribution in [-0.4, -0.2) is 21.0 Å². The molecule has 0 saturated heterocycles. The summed E-state index contributed by atoms with van der Waals surface area (Å²) < 4.78 is 0. The molecule has 174 valence electrons. The predicted octanol–water partition coefficient (Wildman–Crippen LogP) is 5.01. The van der Waals surface area contributed by atoms with E-state index in [1.807, 2.05) is 72.8 Å². The number of aryl methyl sites for hydroxylation is 1. The fourth-order valence-electron chi connectivity index (χ4n) is 4.46. The van der Waals surface area contributed by atoms with E-state index in [1.54, 1.807) is 18.2 Å². The molecule has 6 nitrogen and oxygen atoms in total. The summed E-state index contributed by atoms with van der Waals surface area (Å²) in [5, 5.41) is 16.3. The average molecular weight is 464 g/mol. The van der Waals surface area contributed by atoms with E-state index in [-0.39, 0.29) is 23.6 Å². The largest absolute Gasteiger partial charge is 0.508 e. The minimum atomic E-state index is -0.506. The van der Waals surface area contributed by atoms with Gasteiger partial charge in [0.2, 0.25) is 5.91 Å². The number of benzene rings is 4. The molecule has 0 saturated carbocycles. The van der Waals surface area contributed by atoms with Gasteiger partial charge >= 0.3 is 0 Å². The highest BCUT2D eigenvalue weighted by molar-refractivity contribution is 5.89. The summed E-state index contributed by atoms with van der Waals surface area (Å²) in [6, 6.07) is 27.7. The molecule has 0 spiro atoms. The topological polar surface area (TPSA) is 95.1 Å². The van der Waals surface area contributed by atoms with Crippen LogP contribution >= 0.6 is 0 Å². The van der Waals surface area contributed by atoms with Crippen molar-refractivity contribution in [3.63, 3.8) is 0 Å². The minimum Gasteiger partial charge on any atom is -0.508 e. The van der Waals surface area contributed by atoms with Gasteiger partial charge in [0.05, 0.1) is 16.9 Å². The Kier molecular flexibility index (Phi) is 6.26. The standard InChI is InChI=1S/C29H25N3O3/c33-24-18-17-19-9-4-5-12-21(19)27(24)28(20-10-2-1-3-11-20)32-26(34)16-8-15-25-30-23-14-7-6-13-22(23)29(35)31-25/h1-7,9-14,17-18,28,33H,8,15-16H2,(H,32,34)(H,30,31,35). The summed E-state index contributed by atoms with van der Waals surface area (Å²) in [4.78, 5) is 32.7. The second-order valence-corrected chi connectivity index (χ2v) is 8.51. The van der Waals surface area contributed by atoms with Gasteiger partial charge in [0.15, 0.2) is 0 Å². The number of carbonyl (C=O) groups is 1. The smallest absolute Gasteiger partial charge is 0.258 e. The van der Waals surface area contributed by atoms with E-state index in [0.717, 1.165) is 16.3 Å². The molecule has 35 heavy (non-hydrogen) atoms. The molecule has 5 rings (SSSR count). The molecular weight excluding hydrogens is 438 g/mol. The third-order valence-corrected chi connectivity index (χ3v) is 6.15. The molecule has 0 bridgehead atoms. The molecule has 4 aromatic carbocycles. The number of aromatic nitrogens is 2. The fraction of sp³-hybridized carbons (Fsp3) is 0.138. The van der Waals surface area contributed by atoms with Gasteiger partial charge in [0, 0.05) is 18.4 Å². The van der Waals surface area contributed by atoms with Crippen molar-refractivity contribution in [2.75, 3.05) is 0 Å². The molecule has 5 aromatic rings. The lowest BCUT2D eigenvalue weighted by Crippen LogP contribution is -2.29. The van der Waals surface area contributed by atoms with Crippen LogP contribution in [0.1, 0.15) is 35.8 Å². The van der Waals surface area contributed by atoms with Crippen molar-refractivity contribution in [1.82, 2.24) is 15.3 Å². The number of amides is 1. The Morgan fingerprint density at radius 1 is 0.886 bits per heavy atom. The molecule has 0 radical (unpaired) electrons. The van der Waals surface area contributed by atoms with Crippen molar-refractivity contribution in [1.29, 1.82) is 0 Å². The number of phenolic OH excluding ortho intramolecular Hbond substituents is 1. The Morgan fingerprint density at radius 3 is 2.43 bits per heavy atom. The zero-order valence-corrected chi connectivity index (χ0v) is 19.1.